The van der Waals surface area contributed by atoms with Gasteiger partial charge in [-0.15, -0.1) is 0 Å². The van der Waals surface area contributed by atoms with Gasteiger partial charge < -0.3 is 42.8 Å². The van der Waals surface area contributed by atoms with Crippen LogP contribution in [0.4, 0.5) is 0 Å². The molecule has 11 nitrogen and oxygen atoms in total. The smallest absolute Gasteiger partial charge is 0.306 e. The Morgan fingerprint density at radius 3 is 1.63 bits per heavy atom. The molecule has 208 valence electrons. The van der Waals surface area contributed by atoms with Crippen molar-refractivity contribution in [2.45, 2.75) is 33.1 Å². The Morgan fingerprint density at radius 1 is 0.743 bits per heavy atom. The number of rotatable bonds is 22. The van der Waals surface area contributed by atoms with Crippen molar-refractivity contribution < 1.29 is 47.5 Å². The molecule has 0 aliphatic carbocycles. The summed E-state index contributed by atoms with van der Waals surface area (Å²) in [4.78, 5) is 24.1. The Bertz CT molecular complexity index is 493. The van der Waals surface area contributed by atoms with Crippen LogP contribution in [0.15, 0.2) is 0 Å². The first kappa shape index (κ1) is 33.7. The molecule has 1 fully saturated rings. The number of carbonyl (C=O) groups excluding carboxylic acids is 2. The van der Waals surface area contributed by atoms with Gasteiger partial charge in [0.2, 0.25) is 5.91 Å². The monoisotopic (exact) mass is 509 g/mol. The number of ether oxygens (including phenoxy) is 8. The predicted octanol–water partition coefficient (Wildman–Crippen LogP) is 1.52. The summed E-state index contributed by atoms with van der Waals surface area (Å²) >= 11 is 0. The fourth-order valence-corrected chi connectivity index (χ4v) is 2.67. The standard InChI is InChI=1S/C12H23NO5.C12H24O5/c1-15-5-6-16-7-8-17-9-10-18-11-13-4-2-3-12(13)14;1-11(2)10-12(13)17-9-8-16-7-6-15-5-4-14-3/h2-11H2,1H3;11H,4-10H2,1-3H3. The van der Waals surface area contributed by atoms with Crippen LogP contribution in [0.3, 0.4) is 0 Å². The molecule has 1 amide bonds. The number of carbonyl (C=O) groups is 2. The molecule has 1 aliphatic heterocycles. The van der Waals surface area contributed by atoms with Crippen LogP contribution in [-0.4, -0.2) is 124 Å². The quantitative estimate of drug-likeness (QED) is 0.157. The lowest BCUT2D eigenvalue weighted by Gasteiger charge is -2.15. The first-order valence-electron chi connectivity index (χ1n) is 12.3. The normalized spacial score (nSPS) is 13.3. The Morgan fingerprint density at radius 2 is 1.20 bits per heavy atom. The van der Waals surface area contributed by atoms with Crippen molar-refractivity contribution in [2.75, 3.05) is 107 Å². The molecule has 0 radical (unpaired) electrons. The lowest BCUT2D eigenvalue weighted by atomic mass is 10.1. The number of nitrogens with zero attached hydrogens (tertiary/aromatic N) is 1. The molecule has 1 heterocycles. The zero-order chi connectivity index (χ0) is 26.0. The molecular formula is C24H47NO10. The lowest BCUT2D eigenvalue weighted by molar-refractivity contribution is -0.146. The number of amides is 1. The van der Waals surface area contributed by atoms with E-state index in [1.165, 1.54) is 0 Å². The second-order valence-electron chi connectivity index (χ2n) is 8.05. The van der Waals surface area contributed by atoms with Gasteiger partial charge >= 0.3 is 5.97 Å². The van der Waals surface area contributed by atoms with Crippen LogP contribution in [0.5, 0.6) is 0 Å². The second-order valence-corrected chi connectivity index (χ2v) is 8.05. The van der Waals surface area contributed by atoms with Crippen LogP contribution in [0.25, 0.3) is 0 Å². The molecule has 35 heavy (non-hydrogen) atoms. The summed E-state index contributed by atoms with van der Waals surface area (Å²) in [6, 6.07) is 0. The van der Waals surface area contributed by atoms with E-state index in [0.29, 0.717) is 105 Å². The largest absolute Gasteiger partial charge is 0.463 e. The molecule has 0 atom stereocenters. The van der Waals surface area contributed by atoms with Crippen molar-refractivity contribution in [3.63, 3.8) is 0 Å². The van der Waals surface area contributed by atoms with Gasteiger partial charge in [0, 0.05) is 33.6 Å². The molecule has 0 aromatic heterocycles. The molecule has 1 rings (SSSR count). The number of hydrogen-bond acceptors (Lipinski definition) is 10. The van der Waals surface area contributed by atoms with Gasteiger partial charge in [-0.05, 0) is 12.3 Å². The van der Waals surface area contributed by atoms with Gasteiger partial charge in [-0.2, -0.15) is 0 Å². The minimum absolute atomic E-state index is 0.167. The van der Waals surface area contributed by atoms with Crippen LogP contribution in [0.2, 0.25) is 0 Å². The molecule has 0 spiro atoms. The highest BCUT2D eigenvalue weighted by Crippen LogP contribution is 2.08. The van der Waals surface area contributed by atoms with Crippen molar-refractivity contribution in [1.29, 1.82) is 0 Å². The van der Waals surface area contributed by atoms with E-state index < -0.39 is 0 Å². The van der Waals surface area contributed by atoms with Gasteiger partial charge in [-0.3, -0.25) is 9.59 Å². The average molecular weight is 510 g/mol. The van der Waals surface area contributed by atoms with Crippen molar-refractivity contribution >= 4 is 11.9 Å². The van der Waals surface area contributed by atoms with Crippen LogP contribution in [0, 0.1) is 5.92 Å². The maximum Gasteiger partial charge on any atom is 0.306 e. The van der Waals surface area contributed by atoms with E-state index in [9.17, 15) is 9.59 Å². The summed E-state index contributed by atoms with van der Waals surface area (Å²) in [5.74, 6) is 0.347. The molecule has 0 aromatic carbocycles. The fourth-order valence-electron chi connectivity index (χ4n) is 2.67. The first-order chi connectivity index (χ1) is 17.0. The minimum Gasteiger partial charge on any atom is -0.463 e. The summed E-state index contributed by atoms with van der Waals surface area (Å²) in [5.41, 5.74) is 0. The number of methoxy groups -OCH3 is 2. The van der Waals surface area contributed by atoms with E-state index in [0.717, 1.165) is 13.0 Å². The van der Waals surface area contributed by atoms with Crippen molar-refractivity contribution in [3.8, 4) is 0 Å². The Hall–Kier alpha value is -1.34. The molecule has 0 saturated carbocycles. The molecule has 0 N–H and O–H groups in total. The zero-order valence-electron chi connectivity index (χ0n) is 22.1. The molecule has 0 bridgehead atoms. The molecular weight excluding hydrogens is 462 g/mol. The van der Waals surface area contributed by atoms with Gasteiger partial charge in [-0.25, -0.2) is 0 Å². The van der Waals surface area contributed by atoms with E-state index >= 15 is 0 Å². The third kappa shape index (κ3) is 24.1. The van der Waals surface area contributed by atoms with Crippen molar-refractivity contribution in [1.82, 2.24) is 4.90 Å². The maximum atomic E-state index is 11.3. The van der Waals surface area contributed by atoms with Gasteiger partial charge in [0.1, 0.15) is 13.3 Å². The van der Waals surface area contributed by atoms with Crippen LogP contribution >= 0.6 is 0 Å². The van der Waals surface area contributed by atoms with Crippen LogP contribution in [0.1, 0.15) is 33.1 Å². The van der Waals surface area contributed by atoms with Crippen LogP contribution < -0.4 is 0 Å². The Labute approximate surface area is 210 Å². The first-order valence-corrected chi connectivity index (χ1v) is 12.3. The predicted molar refractivity (Wildman–Crippen MR) is 129 cm³/mol. The summed E-state index contributed by atoms with van der Waals surface area (Å²) in [6.45, 7) is 11.4. The third-order valence-corrected chi connectivity index (χ3v) is 4.46. The second kappa shape index (κ2) is 25.7. The molecule has 0 aromatic rings. The molecule has 11 heteroatoms. The number of esters is 1. The zero-order valence-corrected chi connectivity index (χ0v) is 22.1. The Balaban J connectivity index is 0.000000662. The van der Waals surface area contributed by atoms with Crippen molar-refractivity contribution in [3.05, 3.63) is 0 Å². The number of likely N-dealkylation sites (tertiary alicyclic amines) is 1. The Kier molecular flexibility index (Phi) is 24.8. The van der Waals surface area contributed by atoms with E-state index in [1.54, 1.807) is 19.1 Å². The molecule has 1 aliphatic rings. The third-order valence-electron chi connectivity index (χ3n) is 4.46. The SMILES string of the molecule is COCCOCCOCCOC(=O)CC(C)C.COCCOCCOCCOCN1CCCC1=O. The summed E-state index contributed by atoms with van der Waals surface area (Å²) in [6.07, 6.45) is 2.05. The summed E-state index contributed by atoms with van der Waals surface area (Å²) in [7, 11) is 3.27. The van der Waals surface area contributed by atoms with Gasteiger partial charge in [0.15, 0.2) is 0 Å². The minimum atomic E-state index is -0.167. The van der Waals surface area contributed by atoms with Gasteiger partial charge in [0.25, 0.3) is 0 Å². The number of hydrogen-bond donors (Lipinski definition) is 0. The van der Waals surface area contributed by atoms with E-state index in [2.05, 4.69) is 0 Å². The van der Waals surface area contributed by atoms with Gasteiger partial charge in [0.05, 0.1) is 72.7 Å². The molecule has 0 unspecified atom stereocenters. The average Bonchev–Trinajstić information content (AvgIpc) is 3.23. The van der Waals surface area contributed by atoms with E-state index in [1.807, 2.05) is 13.8 Å². The van der Waals surface area contributed by atoms with E-state index in [-0.39, 0.29) is 11.9 Å². The van der Waals surface area contributed by atoms with Crippen LogP contribution in [-0.2, 0) is 47.5 Å². The topological polar surface area (TPSA) is 111 Å². The highest BCUT2D eigenvalue weighted by molar-refractivity contribution is 5.77. The summed E-state index contributed by atoms with van der Waals surface area (Å²) in [5, 5.41) is 0. The highest BCUT2D eigenvalue weighted by Gasteiger charge is 2.19. The van der Waals surface area contributed by atoms with E-state index in [4.69, 9.17) is 37.9 Å². The van der Waals surface area contributed by atoms with Gasteiger partial charge in [-0.1, -0.05) is 13.8 Å². The highest BCUT2D eigenvalue weighted by atomic mass is 16.6. The van der Waals surface area contributed by atoms with Crippen molar-refractivity contribution in [2.24, 2.45) is 5.92 Å². The maximum absolute atomic E-state index is 11.3. The summed E-state index contributed by atoms with van der Waals surface area (Å²) < 4.78 is 41.0. The molecule has 1 saturated heterocycles. The lowest BCUT2D eigenvalue weighted by Crippen LogP contribution is -2.28. The fraction of sp³-hybridized carbons (Fsp3) is 0.917.